The minimum Gasteiger partial charge on any atom is -0.390 e. The monoisotopic (exact) mass is 253 g/mol. The minimum atomic E-state index is -0.718. The summed E-state index contributed by atoms with van der Waals surface area (Å²) in [7, 11) is 1.87. The Hall–Kier alpha value is -1.24. The number of aliphatic hydroxyl groups is 2. The number of aliphatic hydroxyl groups excluding tert-OH is 1. The predicted molar refractivity (Wildman–Crippen MR) is 66.2 cm³/mol. The van der Waals surface area contributed by atoms with Crippen LogP contribution in [0, 0.1) is 0 Å². The number of hydrogen-bond donors (Lipinski definition) is 2. The summed E-state index contributed by atoms with van der Waals surface area (Å²) in [6.07, 6.45) is 1.28. The van der Waals surface area contributed by atoms with E-state index in [1.165, 1.54) is 0 Å². The lowest BCUT2D eigenvalue weighted by Crippen LogP contribution is -2.46. The van der Waals surface area contributed by atoms with Gasteiger partial charge in [-0.1, -0.05) is 0 Å². The van der Waals surface area contributed by atoms with Crippen molar-refractivity contribution in [3.05, 3.63) is 17.8 Å². The first kappa shape index (κ1) is 13.2. The molecule has 1 fully saturated rings. The zero-order valence-electron chi connectivity index (χ0n) is 10.5. The van der Waals surface area contributed by atoms with E-state index in [1.54, 1.807) is 12.1 Å². The predicted octanol–water partition coefficient (Wildman–Crippen LogP) is -0.0534. The van der Waals surface area contributed by atoms with Crippen LogP contribution >= 0.6 is 0 Å². The maximum Gasteiger partial charge on any atom is 0.151 e. The van der Waals surface area contributed by atoms with E-state index in [-0.39, 0.29) is 6.61 Å². The lowest BCUT2D eigenvalue weighted by atomic mass is 9.94. The van der Waals surface area contributed by atoms with Crippen molar-refractivity contribution in [2.75, 3.05) is 31.7 Å². The maximum atomic E-state index is 10.4. The highest BCUT2D eigenvalue weighted by molar-refractivity contribution is 5.36. The standard InChI is InChI=1S/C12H19N3O3/c1-15(9-12(17)4-6-18-7-5-12)11-3-2-10(8-16)13-14-11/h2-3,16-17H,4-9H2,1H3. The molecule has 2 N–H and O–H groups in total. The summed E-state index contributed by atoms with van der Waals surface area (Å²) in [4.78, 5) is 1.87. The van der Waals surface area contributed by atoms with Gasteiger partial charge in [0.15, 0.2) is 5.82 Å². The molecule has 0 unspecified atom stereocenters. The van der Waals surface area contributed by atoms with Gasteiger partial charge in [0, 0.05) is 39.6 Å². The first-order valence-electron chi connectivity index (χ1n) is 6.08. The third kappa shape index (κ3) is 3.16. The molecular formula is C12H19N3O3. The molecule has 1 saturated heterocycles. The number of likely N-dealkylation sites (N-methyl/N-ethyl adjacent to an activating group) is 1. The van der Waals surface area contributed by atoms with Crippen LogP contribution in [0.25, 0.3) is 0 Å². The van der Waals surface area contributed by atoms with Crippen molar-refractivity contribution in [3.8, 4) is 0 Å². The molecule has 0 amide bonds. The van der Waals surface area contributed by atoms with Crippen molar-refractivity contribution < 1.29 is 14.9 Å². The summed E-state index contributed by atoms with van der Waals surface area (Å²) in [5.41, 5.74) is -0.179. The second kappa shape index (κ2) is 5.60. The van der Waals surface area contributed by atoms with Crippen LogP contribution in [-0.2, 0) is 11.3 Å². The van der Waals surface area contributed by atoms with E-state index in [0.717, 1.165) is 0 Å². The Balaban J connectivity index is 1.99. The molecule has 0 saturated carbocycles. The summed E-state index contributed by atoms with van der Waals surface area (Å²) in [5.74, 6) is 0.687. The van der Waals surface area contributed by atoms with Crippen molar-refractivity contribution in [1.82, 2.24) is 10.2 Å². The van der Waals surface area contributed by atoms with Crippen LogP contribution in [0.4, 0.5) is 5.82 Å². The van der Waals surface area contributed by atoms with Crippen LogP contribution in [0.15, 0.2) is 12.1 Å². The summed E-state index contributed by atoms with van der Waals surface area (Å²) >= 11 is 0. The molecule has 100 valence electrons. The number of anilines is 1. The van der Waals surface area contributed by atoms with E-state index in [2.05, 4.69) is 10.2 Å². The first-order valence-corrected chi connectivity index (χ1v) is 6.08. The van der Waals surface area contributed by atoms with Crippen molar-refractivity contribution in [2.24, 2.45) is 0 Å². The van der Waals surface area contributed by atoms with Crippen LogP contribution in [0.1, 0.15) is 18.5 Å². The molecule has 0 bridgehead atoms. The number of hydrogen-bond acceptors (Lipinski definition) is 6. The van der Waals surface area contributed by atoms with E-state index in [1.807, 2.05) is 11.9 Å². The SMILES string of the molecule is CN(CC1(O)CCOCC1)c1ccc(CO)nn1. The Morgan fingerprint density at radius 1 is 1.33 bits per heavy atom. The molecule has 0 atom stereocenters. The molecule has 2 heterocycles. The van der Waals surface area contributed by atoms with E-state index in [0.29, 0.717) is 44.1 Å². The maximum absolute atomic E-state index is 10.4. The molecule has 2 rings (SSSR count). The fraction of sp³-hybridized carbons (Fsp3) is 0.667. The molecule has 1 aromatic rings. The van der Waals surface area contributed by atoms with Gasteiger partial charge < -0.3 is 19.8 Å². The molecular weight excluding hydrogens is 234 g/mol. The molecule has 18 heavy (non-hydrogen) atoms. The normalized spacial score (nSPS) is 18.6. The molecule has 0 spiro atoms. The molecule has 0 radical (unpaired) electrons. The Morgan fingerprint density at radius 3 is 2.61 bits per heavy atom. The van der Waals surface area contributed by atoms with Gasteiger partial charge in [-0.25, -0.2) is 0 Å². The average molecular weight is 253 g/mol. The Morgan fingerprint density at radius 2 is 2.06 bits per heavy atom. The van der Waals surface area contributed by atoms with E-state index in [9.17, 15) is 5.11 Å². The van der Waals surface area contributed by atoms with Gasteiger partial charge in [0.1, 0.15) is 0 Å². The zero-order chi connectivity index (χ0) is 13.0. The quantitative estimate of drug-likeness (QED) is 0.783. The summed E-state index contributed by atoms with van der Waals surface area (Å²) in [5, 5.41) is 27.2. The Kier molecular flexibility index (Phi) is 4.11. The number of ether oxygens (including phenoxy) is 1. The summed E-state index contributed by atoms with van der Waals surface area (Å²) < 4.78 is 5.25. The van der Waals surface area contributed by atoms with E-state index in [4.69, 9.17) is 9.84 Å². The van der Waals surface area contributed by atoms with Crippen LogP contribution in [0.3, 0.4) is 0 Å². The average Bonchev–Trinajstić information content (AvgIpc) is 2.39. The highest BCUT2D eigenvalue weighted by Gasteiger charge is 2.31. The van der Waals surface area contributed by atoms with Gasteiger partial charge >= 0.3 is 0 Å². The summed E-state index contributed by atoms with van der Waals surface area (Å²) in [6, 6.07) is 3.52. The van der Waals surface area contributed by atoms with Gasteiger partial charge in [0.2, 0.25) is 0 Å². The Labute approximate surface area is 106 Å². The van der Waals surface area contributed by atoms with Crippen LogP contribution in [0.2, 0.25) is 0 Å². The van der Waals surface area contributed by atoms with Gasteiger partial charge in [-0.15, -0.1) is 5.10 Å². The van der Waals surface area contributed by atoms with Crippen LogP contribution in [-0.4, -0.2) is 52.8 Å². The summed E-state index contributed by atoms with van der Waals surface area (Å²) in [6.45, 7) is 1.58. The highest BCUT2D eigenvalue weighted by atomic mass is 16.5. The van der Waals surface area contributed by atoms with Crippen molar-refractivity contribution in [3.63, 3.8) is 0 Å². The van der Waals surface area contributed by atoms with Gasteiger partial charge in [-0.3, -0.25) is 0 Å². The highest BCUT2D eigenvalue weighted by Crippen LogP contribution is 2.22. The molecule has 6 heteroatoms. The van der Waals surface area contributed by atoms with Crippen LogP contribution < -0.4 is 4.90 Å². The molecule has 1 aliphatic rings. The van der Waals surface area contributed by atoms with Gasteiger partial charge in [0.05, 0.1) is 17.9 Å². The number of nitrogens with zero attached hydrogens (tertiary/aromatic N) is 3. The number of aromatic nitrogens is 2. The second-order valence-electron chi connectivity index (χ2n) is 4.73. The zero-order valence-corrected chi connectivity index (χ0v) is 10.5. The Bertz CT molecular complexity index is 377. The molecule has 0 aromatic carbocycles. The smallest absolute Gasteiger partial charge is 0.151 e. The van der Waals surface area contributed by atoms with Gasteiger partial charge in [0.25, 0.3) is 0 Å². The third-order valence-corrected chi connectivity index (χ3v) is 3.21. The third-order valence-electron chi connectivity index (χ3n) is 3.21. The van der Waals surface area contributed by atoms with E-state index >= 15 is 0 Å². The first-order chi connectivity index (χ1) is 8.63. The van der Waals surface area contributed by atoms with Crippen molar-refractivity contribution >= 4 is 5.82 Å². The van der Waals surface area contributed by atoms with Gasteiger partial charge in [-0.05, 0) is 12.1 Å². The largest absolute Gasteiger partial charge is 0.390 e. The second-order valence-corrected chi connectivity index (χ2v) is 4.73. The van der Waals surface area contributed by atoms with Crippen molar-refractivity contribution in [2.45, 2.75) is 25.0 Å². The topological polar surface area (TPSA) is 78.7 Å². The molecule has 6 nitrogen and oxygen atoms in total. The lowest BCUT2D eigenvalue weighted by molar-refractivity contribution is -0.0573. The molecule has 0 aliphatic carbocycles. The lowest BCUT2D eigenvalue weighted by Gasteiger charge is -2.35. The van der Waals surface area contributed by atoms with E-state index < -0.39 is 5.60 Å². The van der Waals surface area contributed by atoms with Crippen LogP contribution in [0.5, 0.6) is 0 Å². The fourth-order valence-electron chi connectivity index (χ4n) is 2.07. The molecule has 1 aliphatic heterocycles. The minimum absolute atomic E-state index is 0.113. The van der Waals surface area contributed by atoms with Crippen molar-refractivity contribution in [1.29, 1.82) is 0 Å². The fourth-order valence-corrected chi connectivity index (χ4v) is 2.07. The molecule has 1 aromatic heterocycles. The number of rotatable bonds is 4. The van der Waals surface area contributed by atoms with Gasteiger partial charge in [-0.2, -0.15) is 5.10 Å².